The highest BCUT2D eigenvalue weighted by molar-refractivity contribution is 7.89. The Labute approximate surface area is 101 Å². The van der Waals surface area contributed by atoms with Crippen LogP contribution in [0.5, 0.6) is 0 Å². The van der Waals surface area contributed by atoms with Gasteiger partial charge in [-0.2, -0.15) is 5.26 Å². The normalized spacial score (nSPS) is 23.1. The fraction of sp³-hybridized carbons (Fsp3) is 0.417. The number of nitriles is 1. The molecule has 1 saturated carbocycles. The number of hydrogen-bond donors (Lipinski definition) is 1. The number of benzene rings is 1. The molecule has 17 heavy (non-hydrogen) atoms. The zero-order valence-corrected chi connectivity index (χ0v) is 10.4. The van der Waals surface area contributed by atoms with Crippen LogP contribution in [0.4, 0.5) is 0 Å². The van der Waals surface area contributed by atoms with Crippen molar-refractivity contribution in [1.82, 2.24) is 4.72 Å². The van der Waals surface area contributed by atoms with Crippen LogP contribution in [0.3, 0.4) is 0 Å². The second-order valence-electron chi connectivity index (χ2n) is 4.46. The SMILES string of the molecule is CC1CC1CNS(=O)(=O)c1ccc(C#N)cc1. The van der Waals surface area contributed by atoms with E-state index in [1.54, 1.807) is 0 Å². The first-order chi connectivity index (χ1) is 8.03. The van der Waals surface area contributed by atoms with E-state index in [4.69, 9.17) is 5.26 Å². The molecule has 1 aliphatic carbocycles. The molecule has 0 aromatic heterocycles. The lowest BCUT2D eigenvalue weighted by atomic mass is 10.2. The summed E-state index contributed by atoms with van der Waals surface area (Å²) >= 11 is 0. The van der Waals surface area contributed by atoms with Gasteiger partial charge in [-0.1, -0.05) is 6.92 Å². The van der Waals surface area contributed by atoms with Gasteiger partial charge < -0.3 is 0 Å². The number of sulfonamides is 1. The van der Waals surface area contributed by atoms with Crippen molar-refractivity contribution in [3.05, 3.63) is 29.8 Å². The van der Waals surface area contributed by atoms with Crippen molar-refractivity contribution in [2.45, 2.75) is 18.2 Å². The predicted octanol–water partition coefficient (Wildman–Crippen LogP) is 1.49. The van der Waals surface area contributed by atoms with Crippen LogP contribution < -0.4 is 4.72 Å². The van der Waals surface area contributed by atoms with Crippen LogP contribution in [0.2, 0.25) is 0 Å². The monoisotopic (exact) mass is 250 g/mol. The van der Waals surface area contributed by atoms with Crippen LogP contribution in [-0.2, 0) is 10.0 Å². The van der Waals surface area contributed by atoms with Gasteiger partial charge in [0.25, 0.3) is 0 Å². The van der Waals surface area contributed by atoms with Gasteiger partial charge in [0, 0.05) is 6.54 Å². The highest BCUT2D eigenvalue weighted by atomic mass is 32.2. The first-order valence-corrected chi connectivity index (χ1v) is 7.01. The molecular formula is C12H14N2O2S. The maximum absolute atomic E-state index is 11.9. The fourth-order valence-corrected chi connectivity index (χ4v) is 2.79. The number of hydrogen-bond acceptors (Lipinski definition) is 3. The molecule has 2 rings (SSSR count). The Kier molecular flexibility index (Phi) is 3.18. The topological polar surface area (TPSA) is 70.0 Å². The lowest BCUT2D eigenvalue weighted by molar-refractivity contribution is 0.574. The van der Waals surface area contributed by atoms with Gasteiger partial charge in [-0.25, -0.2) is 13.1 Å². The van der Waals surface area contributed by atoms with Crippen molar-refractivity contribution >= 4 is 10.0 Å². The van der Waals surface area contributed by atoms with Gasteiger partial charge in [0.15, 0.2) is 0 Å². The molecule has 1 aromatic rings. The lowest BCUT2D eigenvalue weighted by Gasteiger charge is -2.05. The molecular weight excluding hydrogens is 236 g/mol. The molecule has 0 bridgehead atoms. The molecule has 90 valence electrons. The fourth-order valence-electron chi connectivity index (χ4n) is 1.69. The standard InChI is InChI=1S/C12H14N2O2S/c1-9-6-11(9)8-14-17(15,16)12-4-2-10(7-13)3-5-12/h2-5,9,11,14H,6,8H2,1H3. The van der Waals surface area contributed by atoms with Gasteiger partial charge >= 0.3 is 0 Å². The van der Waals surface area contributed by atoms with Crippen molar-refractivity contribution < 1.29 is 8.42 Å². The maximum atomic E-state index is 11.9. The summed E-state index contributed by atoms with van der Waals surface area (Å²) < 4.78 is 26.3. The third-order valence-corrected chi connectivity index (χ3v) is 4.54. The first-order valence-electron chi connectivity index (χ1n) is 5.53. The van der Waals surface area contributed by atoms with Crippen LogP contribution in [0.15, 0.2) is 29.2 Å². The molecule has 2 atom stereocenters. The summed E-state index contributed by atoms with van der Waals surface area (Å²) in [7, 11) is -3.42. The molecule has 0 aliphatic heterocycles. The highest BCUT2D eigenvalue weighted by Crippen LogP contribution is 2.37. The molecule has 0 amide bonds. The Morgan fingerprint density at radius 1 is 1.41 bits per heavy atom. The second kappa shape index (κ2) is 4.47. The van der Waals surface area contributed by atoms with E-state index >= 15 is 0 Å². The molecule has 0 spiro atoms. The maximum Gasteiger partial charge on any atom is 0.240 e. The molecule has 5 heteroatoms. The number of rotatable bonds is 4. The molecule has 1 N–H and O–H groups in total. The van der Waals surface area contributed by atoms with Crippen molar-refractivity contribution in [1.29, 1.82) is 5.26 Å². The minimum atomic E-state index is -3.42. The molecule has 2 unspecified atom stereocenters. The summed E-state index contributed by atoms with van der Waals surface area (Å²) in [6.45, 7) is 2.62. The summed E-state index contributed by atoms with van der Waals surface area (Å²) in [6.07, 6.45) is 1.09. The van der Waals surface area contributed by atoms with Crippen LogP contribution in [0, 0.1) is 23.2 Å². The van der Waals surface area contributed by atoms with E-state index in [-0.39, 0.29) is 4.90 Å². The molecule has 1 aromatic carbocycles. The van der Waals surface area contributed by atoms with Gasteiger partial charge in [0.05, 0.1) is 16.5 Å². The van der Waals surface area contributed by atoms with Gasteiger partial charge in [-0.05, 0) is 42.5 Å². The first kappa shape index (κ1) is 12.1. The average Bonchev–Trinajstić information content (AvgIpc) is 3.03. The summed E-state index contributed by atoms with van der Waals surface area (Å²) in [5.41, 5.74) is 0.458. The van der Waals surface area contributed by atoms with E-state index in [2.05, 4.69) is 11.6 Å². The van der Waals surface area contributed by atoms with Crippen molar-refractivity contribution in [3.63, 3.8) is 0 Å². The zero-order chi connectivity index (χ0) is 12.5. The number of nitrogens with one attached hydrogen (secondary N) is 1. The molecule has 4 nitrogen and oxygen atoms in total. The predicted molar refractivity (Wildman–Crippen MR) is 63.6 cm³/mol. The third-order valence-electron chi connectivity index (χ3n) is 3.11. The van der Waals surface area contributed by atoms with Crippen LogP contribution >= 0.6 is 0 Å². The second-order valence-corrected chi connectivity index (χ2v) is 6.23. The largest absolute Gasteiger partial charge is 0.240 e. The van der Waals surface area contributed by atoms with Crippen LogP contribution in [-0.4, -0.2) is 15.0 Å². The van der Waals surface area contributed by atoms with E-state index in [0.717, 1.165) is 6.42 Å². The molecule has 1 fully saturated rings. The van der Waals surface area contributed by atoms with Crippen molar-refractivity contribution in [2.24, 2.45) is 11.8 Å². The Morgan fingerprint density at radius 2 is 2.00 bits per heavy atom. The smallest absolute Gasteiger partial charge is 0.211 e. The Balaban J connectivity index is 2.06. The zero-order valence-electron chi connectivity index (χ0n) is 9.55. The highest BCUT2D eigenvalue weighted by Gasteiger charge is 2.33. The number of nitrogens with zero attached hydrogens (tertiary/aromatic N) is 1. The van der Waals surface area contributed by atoms with Crippen molar-refractivity contribution in [3.8, 4) is 6.07 Å². The van der Waals surface area contributed by atoms with E-state index in [9.17, 15) is 8.42 Å². The molecule has 0 heterocycles. The van der Waals surface area contributed by atoms with E-state index in [1.165, 1.54) is 24.3 Å². The van der Waals surface area contributed by atoms with E-state index in [1.807, 2.05) is 6.07 Å². The average molecular weight is 250 g/mol. The van der Waals surface area contributed by atoms with Crippen LogP contribution in [0.1, 0.15) is 18.9 Å². The Hall–Kier alpha value is -1.38. The molecule has 0 saturated heterocycles. The van der Waals surface area contributed by atoms with Gasteiger partial charge in [-0.15, -0.1) is 0 Å². The van der Waals surface area contributed by atoms with Crippen molar-refractivity contribution in [2.75, 3.05) is 6.54 Å². The Morgan fingerprint density at radius 3 is 2.47 bits per heavy atom. The van der Waals surface area contributed by atoms with Gasteiger partial charge in [0.1, 0.15) is 0 Å². The summed E-state index contributed by atoms with van der Waals surface area (Å²) in [6, 6.07) is 7.88. The van der Waals surface area contributed by atoms with Gasteiger partial charge in [0.2, 0.25) is 10.0 Å². The molecule has 1 aliphatic rings. The quantitative estimate of drug-likeness (QED) is 0.880. The lowest BCUT2D eigenvalue weighted by Crippen LogP contribution is -2.26. The summed E-state index contributed by atoms with van der Waals surface area (Å²) in [5, 5.41) is 8.63. The Bertz CT molecular complexity index is 543. The van der Waals surface area contributed by atoms with Gasteiger partial charge in [-0.3, -0.25) is 0 Å². The summed E-state index contributed by atoms with van der Waals surface area (Å²) in [4.78, 5) is 0.213. The minimum absolute atomic E-state index is 0.213. The van der Waals surface area contributed by atoms with E-state index < -0.39 is 10.0 Å². The molecule has 0 radical (unpaired) electrons. The van der Waals surface area contributed by atoms with E-state index in [0.29, 0.717) is 23.9 Å². The van der Waals surface area contributed by atoms with Crippen LogP contribution in [0.25, 0.3) is 0 Å². The third kappa shape index (κ3) is 2.84. The minimum Gasteiger partial charge on any atom is -0.211 e. The summed E-state index contributed by atoms with van der Waals surface area (Å²) in [5.74, 6) is 1.10.